The summed E-state index contributed by atoms with van der Waals surface area (Å²) in [6.07, 6.45) is 1.33. The van der Waals surface area contributed by atoms with Crippen LogP contribution in [0.5, 0.6) is 0 Å². The molecule has 1 saturated heterocycles. The van der Waals surface area contributed by atoms with E-state index >= 15 is 0 Å². The normalized spacial score (nSPS) is 15.1. The first-order valence-corrected chi connectivity index (χ1v) is 9.49. The predicted octanol–water partition coefficient (Wildman–Crippen LogP) is 3.59. The number of piperazine rings is 1. The monoisotopic (exact) mass is 412 g/mol. The fraction of sp³-hybridized carbons (Fsp3) is 0.333. The minimum absolute atomic E-state index is 0.0770. The molecule has 138 valence electrons. The zero-order valence-electron chi connectivity index (χ0n) is 14.1. The smallest absolute Gasteiger partial charge is 0.271 e. The molecule has 1 aliphatic rings. The van der Waals surface area contributed by atoms with Gasteiger partial charge in [0.25, 0.3) is 5.91 Å². The van der Waals surface area contributed by atoms with Gasteiger partial charge in [0.1, 0.15) is 5.69 Å². The van der Waals surface area contributed by atoms with Gasteiger partial charge in [-0.25, -0.2) is 4.98 Å². The number of nitrogens with zero attached hydrogens (tertiary/aromatic N) is 3. The highest BCUT2D eigenvalue weighted by atomic mass is 35.5. The van der Waals surface area contributed by atoms with Crippen LogP contribution in [0.25, 0.3) is 0 Å². The molecule has 1 fully saturated rings. The molecule has 2 aromatic rings. The highest BCUT2D eigenvalue weighted by Gasteiger charge is 2.19. The molecule has 5 nitrogen and oxygen atoms in total. The Morgan fingerprint density at radius 2 is 1.73 bits per heavy atom. The summed E-state index contributed by atoms with van der Waals surface area (Å²) in [5.74, 6) is -0.350. The number of halogens is 3. The van der Waals surface area contributed by atoms with Crippen LogP contribution in [-0.4, -0.2) is 55.1 Å². The Balaban J connectivity index is 1.45. The number of amides is 1. The van der Waals surface area contributed by atoms with Crippen molar-refractivity contribution in [1.82, 2.24) is 15.2 Å². The van der Waals surface area contributed by atoms with E-state index in [-0.39, 0.29) is 26.7 Å². The Bertz CT molecular complexity index is 765. The lowest BCUT2D eigenvalue weighted by molar-refractivity contribution is 0.0943. The molecule has 1 aromatic carbocycles. The first-order chi connectivity index (χ1) is 12.6. The van der Waals surface area contributed by atoms with Crippen molar-refractivity contribution in [2.75, 3.05) is 44.2 Å². The number of para-hydroxylation sites is 1. The summed E-state index contributed by atoms with van der Waals surface area (Å²) in [5.41, 5.74) is 1.34. The number of nitrogens with one attached hydrogen (secondary N) is 1. The van der Waals surface area contributed by atoms with Gasteiger partial charge in [-0.3, -0.25) is 9.69 Å². The molecule has 1 aromatic heterocycles. The minimum Gasteiger partial charge on any atom is -0.369 e. The van der Waals surface area contributed by atoms with Gasteiger partial charge in [-0.05, 0) is 12.1 Å². The van der Waals surface area contributed by atoms with Gasteiger partial charge in [0.15, 0.2) is 0 Å². The molecule has 8 heteroatoms. The van der Waals surface area contributed by atoms with E-state index in [0.717, 1.165) is 32.7 Å². The van der Waals surface area contributed by atoms with Gasteiger partial charge in [0.05, 0.1) is 15.1 Å². The summed E-state index contributed by atoms with van der Waals surface area (Å²) < 4.78 is 0. The number of carbonyl (C=O) groups excluding carboxylic acids is 1. The van der Waals surface area contributed by atoms with Crippen molar-refractivity contribution in [3.8, 4) is 0 Å². The van der Waals surface area contributed by atoms with E-state index in [9.17, 15) is 4.79 Å². The number of pyridine rings is 1. The van der Waals surface area contributed by atoms with Gasteiger partial charge in [0, 0.05) is 51.2 Å². The highest BCUT2D eigenvalue weighted by Crippen LogP contribution is 2.30. The van der Waals surface area contributed by atoms with Crippen LogP contribution < -0.4 is 10.2 Å². The average Bonchev–Trinajstić information content (AvgIpc) is 2.67. The van der Waals surface area contributed by atoms with Crippen molar-refractivity contribution >= 4 is 46.4 Å². The lowest BCUT2D eigenvalue weighted by Crippen LogP contribution is -2.48. The van der Waals surface area contributed by atoms with Crippen LogP contribution in [0.2, 0.25) is 15.1 Å². The van der Waals surface area contributed by atoms with E-state index in [4.69, 9.17) is 34.8 Å². The van der Waals surface area contributed by atoms with Crippen LogP contribution in [0, 0.1) is 0 Å². The third-order valence-corrected chi connectivity index (χ3v) is 5.58. The number of hydrogen-bond acceptors (Lipinski definition) is 4. The van der Waals surface area contributed by atoms with Crippen LogP contribution in [0.1, 0.15) is 10.5 Å². The SMILES string of the molecule is O=C(NCCN1CCN(c2ccccc2)CC1)c1ncc(Cl)c(Cl)c1Cl. The second-order valence-electron chi connectivity index (χ2n) is 6.00. The van der Waals surface area contributed by atoms with Crippen molar-refractivity contribution in [2.24, 2.45) is 0 Å². The quantitative estimate of drug-likeness (QED) is 0.814. The molecule has 0 bridgehead atoms. The Morgan fingerprint density at radius 3 is 2.42 bits per heavy atom. The number of aromatic nitrogens is 1. The molecular weight excluding hydrogens is 395 g/mol. The van der Waals surface area contributed by atoms with Crippen molar-refractivity contribution in [1.29, 1.82) is 0 Å². The van der Waals surface area contributed by atoms with E-state index in [1.54, 1.807) is 0 Å². The molecule has 3 rings (SSSR count). The number of hydrogen-bond donors (Lipinski definition) is 1. The summed E-state index contributed by atoms with van der Waals surface area (Å²) in [4.78, 5) is 20.9. The van der Waals surface area contributed by atoms with E-state index in [0.29, 0.717) is 6.54 Å². The maximum absolute atomic E-state index is 12.2. The summed E-state index contributed by atoms with van der Waals surface area (Å²) in [7, 11) is 0. The minimum atomic E-state index is -0.350. The second kappa shape index (κ2) is 8.91. The first kappa shape index (κ1) is 19.2. The fourth-order valence-electron chi connectivity index (χ4n) is 2.88. The zero-order chi connectivity index (χ0) is 18.5. The van der Waals surface area contributed by atoms with Crippen molar-refractivity contribution in [3.05, 3.63) is 57.3 Å². The molecule has 1 N–H and O–H groups in total. The van der Waals surface area contributed by atoms with Gasteiger partial charge < -0.3 is 10.2 Å². The summed E-state index contributed by atoms with van der Waals surface area (Å²) in [5, 5.41) is 3.28. The summed E-state index contributed by atoms with van der Waals surface area (Å²) in [6, 6.07) is 10.4. The topological polar surface area (TPSA) is 48.5 Å². The second-order valence-corrected chi connectivity index (χ2v) is 7.17. The molecule has 2 heterocycles. The number of rotatable bonds is 5. The van der Waals surface area contributed by atoms with E-state index in [1.807, 2.05) is 6.07 Å². The lowest BCUT2D eigenvalue weighted by Gasteiger charge is -2.36. The maximum atomic E-state index is 12.2. The van der Waals surface area contributed by atoms with Crippen molar-refractivity contribution in [3.63, 3.8) is 0 Å². The zero-order valence-corrected chi connectivity index (χ0v) is 16.4. The lowest BCUT2D eigenvalue weighted by atomic mass is 10.2. The van der Waals surface area contributed by atoms with Gasteiger partial charge in [-0.15, -0.1) is 0 Å². The van der Waals surface area contributed by atoms with Gasteiger partial charge in [0.2, 0.25) is 0 Å². The van der Waals surface area contributed by atoms with Crippen molar-refractivity contribution < 1.29 is 4.79 Å². The first-order valence-electron chi connectivity index (χ1n) is 8.36. The highest BCUT2D eigenvalue weighted by molar-refractivity contribution is 6.48. The largest absolute Gasteiger partial charge is 0.369 e. The Labute approximate surface area is 167 Å². The summed E-state index contributed by atoms with van der Waals surface area (Å²) in [6.45, 7) is 5.14. The van der Waals surface area contributed by atoms with Crippen LogP contribution in [0.15, 0.2) is 36.5 Å². The molecule has 0 saturated carbocycles. The maximum Gasteiger partial charge on any atom is 0.271 e. The summed E-state index contributed by atoms with van der Waals surface area (Å²) >= 11 is 17.8. The van der Waals surface area contributed by atoms with Crippen LogP contribution in [-0.2, 0) is 0 Å². The molecule has 0 radical (unpaired) electrons. The molecular formula is C18H19Cl3N4O. The molecule has 0 unspecified atom stereocenters. The van der Waals surface area contributed by atoms with E-state index < -0.39 is 0 Å². The Morgan fingerprint density at radius 1 is 1.04 bits per heavy atom. The fourth-order valence-corrected chi connectivity index (χ4v) is 3.45. The number of carbonyl (C=O) groups is 1. The molecule has 1 amide bonds. The molecule has 0 spiro atoms. The van der Waals surface area contributed by atoms with Crippen LogP contribution >= 0.6 is 34.8 Å². The Kier molecular flexibility index (Phi) is 6.59. The number of benzene rings is 1. The third-order valence-electron chi connectivity index (χ3n) is 4.34. The predicted molar refractivity (Wildman–Crippen MR) is 107 cm³/mol. The molecule has 0 atom stereocenters. The molecule has 26 heavy (non-hydrogen) atoms. The average molecular weight is 414 g/mol. The molecule has 1 aliphatic heterocycles. The third kappa shape index (κ3) is 4.60. The van der Waals surface area contributed by atoms with Crippen molar-refractivity contribution in [2.45, 2.75) is 0 Å². The van der Waals surface area contributed by atoms with Gasteiger partial charge in [-0.2, -0.15) is 0 Å². The Hall–Kier alpha value is -1.53. The van der Waals surface area contributed by atoms with Crippen LogP contribution in [0.3, 0.4) is 0 Å². The van der Waals surface area contributed by atoms with Crippen LogP contribution in [0.4, 0.5) is 5.69 Å². The molecule has 0 aliphatic carbocycles. The van der Waals surface area contributed by atoms with E-state index in [1.165, 1.54) is 11.9 Å². The van der Waals surface area contributed by atoms with Gasteiger partial charge in [-0.1, -0.05) is 53.0 Å². The van der Waals surface area contributed by atoms with E-state index in [2.05, 4.69) is 44.4 Å². The standard InChI is InChI=1S/C18H19Cl3N4O/c19-14-12-23-17(16(21)15(14)20)18(26)22-6-7-24-8-10-25(11-9-24)13-4-2-1-3-5-13/h1-5,12H,6-11H2,(H,22,26). The van der Waals surface area contributed by atoms with Gasteiger partial charge >= 0.3 is 0 Å². The number of anilines is 1.